The number of H-pyrrole nitrogens is 1. The molecule has 5 heteroatoms. The van der Waals surface area contributed by atoms with Gasteiger partial charge >= 0.3 is 0 Å². The van der Waals surface area contributed by atoms with Crippen molar-refractivity contribution in [2.45, 2.75) is 6.92 Å². The molecule has 0 spiro atoms. The van der Waals surface area contributed by atoms with Crippen molar-refractivity contribution in [2.24, 2.45) is 0 Å². The molecule has 0 unspecified atom stereocenters. The zero-order chi connectivity index (χ0) is 12.1. The highest BCUT2D eigenvalue weighted by Crippen LogP contribution is 2.14. The minimum Gasteiger partial charge on any atom is -0.380 e. The molecule has 90 valence electrons. The molecule has 0 bridgehead atoms. The van der Waals surface area contributed by atoms with E-state index in [1.54, 1.807) is 0 Å². The summed E-state index contributed by atoms with van der Waals surface area (Å²) in [5.74, 6) is -0.179. The van der Waals surface area contributed by atoms with E-state index in [4.69, 9.17) is 4.74 Å². The number of hydrogen-bond donors (Lipinski definition) is 2. The van der Waals surface area contributed by atoms with Gasteiger partial charge in [0.05, 0.1) is 12.1 Å². The van der Waals surface area contributed by atoms with Crippen LogP contribution in [0.4, 0.5) is 0 Å². The molecule has 0 saturated heterocycles. The number of aromatic nitrogens is 2. The van der Waals surface area contributed by atoms with Gasteiger partial charge in [-0.3, -0.25) is 9.89 Å². The highest BCUT2D eigenvalue weighted by atomic mass is 16.5. The van der Waals surface area contributed by atoms with Crippen LogP contribution in [-0.2, 0) is 4.74 Å². The number of nitrogens with one attached hydrogen (secondary N) is 2. The van der Waals surface area contributed by atoms with Crippen molar-refractivity contribution in [3.63, 3.8) is 0 Å². The fourth-order valence-electron chi connectivity index (χ4n) is 1.60. The van der Waals surface area contributed by atoms with Gasteiger partial charge < -0.3 is 10.1 Å². The molecule has 0 saturated carbocycles. The van der Waals surface area contributed by atoms with Crippen LogP contribution >= 0.6 is 0 Å². The van der Waals surface area contributed by atoms with Gasteiger partial charge in [0.1, 0.15) is 0 Å². The van der Waals surface area contributed by atoms with Crippen molar-refractivity contribution in [3.8, 4) is 0 Å². The molecule has 1 aromatic carbocycles. The van der Waals surface area contributed by atoms with Gasteiger partial charge in [0.15, 0.2) is 5.69 Å². The summed E-state index contributed by atoms with van der Waals surface area (Å²) in [4.78, 5) is 11.8. The molecule has 2 rings (SSSR count). The fourth-order valence-corrected chi connectivity index (χ4v) is 1.60. The summed E-state index contributed by atoms with van der Waals surface area (Å²) < 4.78 is 5.15. The summed E-state index contributed by atoms with van der Waals surface area (Å²) in [6.07, 6.45) is 0. The van der Waals surface area contributed by atoms with Crippen molar-refractivity contribution < 1.29 is 9.53 Å². The third-order valence-electron chi connectivity index (χ3n) is 2.42. The number of aromatic amines is 1. The summed E-state index contributed by atoms with van der Waals surface area (Å²) in [5.41, 5.74) is 1.29. The van der Waals surface area contributed by atoms with E-state index in [9.17, 15) is 4.79 Å². The number of benzene rings is 1. The molecule has 5 nitrogen and oxygen atoms in total. The Bertz CT molecular complexity index is 507. The Morgan fingerprint density at radius 1 is 1.47 bits per heavy atom. The summed E-state index contributed by atoms with van der Waals surface area (Å²) in [6, 6.07) is 7.54. The number of hydrogen-bond acceptors (Lipinski definition) is 3. The van der Waals surface area contributed by atoms with E-state index in [0.29, 0.717) is 25.5 Å². The predicted molar refractivity (Wildman–Crippen MR) is 64.9 cm³/mol. The first-order chi connectivity index (χ1) is 8.33. The fraction of sp³-hybridized carbons (Fsp3) is 0.333. The number of carbonyl (C=O) groups is 1. The van der Waals surface area contributed by atoms with E-state index < -0.39 is 0 Å². The molecule has 0 aliphatic heterocycles. The van der Waals surface area contributed by atoms with Gasteiger partial charge in [0, 0.05) is 18.5 Å². The number of para-hydroxylation sites is 1. The van der Waals surface area contributed by atoms with Gasteiger partial charge in [-0.1, -0.05) is 18.2 Å². The van der Waals surface area contributed by atoms with Crippen LogP contribution in [0.1, 0.15) is 17.4 Å². The van der Waals surface area contributed by atoms with Gasteiger partial charge in [0.2, 0.25) is 0 Å². The highest BCUT2D eigenvalue weighted by molar-refractivity contribution is 6.04. The lowest BCUT2D eigenvalue weighted by Gasteiger charge is -2.03. The first-order valence-corrected chi connectivity index (χ1v) is 5.62. The standard InChI is InChI=1S/C12H15N3O2/c1-2-17-8-7-13-12(16)11-9-5-3-4-6-10(9)14-15-11/h3-6H,2,7-8H2,1H3,(H,13,16)(H,14,15). The molecular formula is C12H15N3O2. The largest absolute Gasteiger partial charge is 0.380 e. The van der Waals surface area contributed by atoms with Crippen LogP contribution in [0.25, 0.3) is 10.9 Å². The van der Waals surface area contributed by atoms with E-state index in [1.807, 2.05) is 31.2 Å². The van der Waals surface area contributed by atoms with Crippen LogP contribution in [0, 0.1) is 0 Å². The Balaban J connectivity index is 2.04. The van der Waals surface area contributed by atoms with Crippen LogP contribution < -0.4 is 5.32 Å². The number of nitrogens with zero attached hydrogens (tertiary/aromatic N) is 1. The quantitative estimate of drug-likeness (QED) is 0.765. The summed E-state index contributed by atoms with van der Waals surface area (Å²) in [7, 11) is 0. The Kier molecular flexibility index (Phi) is 3.72. The Morgan fingerprint density at radius 3 is 3.12 bits per heavy atom. The van der Waals surface area contributed by atoms with Crippen LogP contribution in [0.15, 0.2) is 24.3 Å². The maximum atomic E-state index is 11.8. The average Bonchev–Trinajstić information content (AvgIpc) is 2.78. The lowest BCUT2D eigenvalue weighted by molar-refractivity contribution is 0.0919. The van der Waals surface area contributed by atoms with Crippen LogP contribution in [-0.4, -0.2) is 35.9 Å². The SMILES string of the molecule is CCOCCNC(=O)c1n[nH]c2ccccc12. The summed E-state index contributed by atoms with van der Waals surface area (Å²) in [6.45, 7) is 3.59. The molecular weight excluding hydrogens is 218 g/mol. The van der Waals surface area contributed by atoms with Crippen molar-refractivity contribution in [2.75, 3.05) is 19.8 Å². The van der Waals surface area contributed by atoms with Gasteiger partial charge in [0.25, 0.3) is 5.91 Å². The monoisotopic (exact) mass is 233 g/mol. The minimum atomic E-state index is -0.179. The topological polar surface area (TPSA) is 67.0 Å². The Morgan fingerprint density at radius 2 is 2.29 bits per heavy atom. The molecule has 0 atom stereocenters. The second-order valence-electron chi connectivity index (χ2n) is 3.57. The zero-order valence-corrected chi connectivity index (χ0v) is 9.69. The third-order valence-corrected chi connectivity index (χ3v) is 2.42. The molecule has 0 radical (unpaired) electrons. The summed E-state index contributed by atoms with van der Waals surface area (Å²) >= 11 is 0. The van der Waals surface area contributed by atoms with Crippen molar-refractivity contribution in [1.29, 1.82) is 0 Å². The normalized spacial score (nSPS) is 10.6. The molecule has 0 fully saturated rings. The minimum absolute atomic E-state index is 0.179. The van der Waals surface area contributed by atoms with E-state index >= 15 is 0 Å². The maximum absolute atomic E-state index is 11.8. The number of amides is 1. The molecule has 0 aliphatic rings. The smallest absolute Gasteiger partial charge is 0.272 e. The van der Waals surface area contributed by atoms with Crippen molar-refractivity contribution in [3.05, 3.63) is 30.0 Å². The first-order valence-electron chi connectivity index (χ1n) is 5.62. The van der Waals surface area contributed by atoms with Gasteiger partial charge in [-0.05, 0) is 13.0 Å². The zero-order valence-electron chi connectivity index (χ0n) is 9.69. The lowest BCUT2D eigenvalue weighted by Crippen LogP contribution is -2.27. The second kappa shape index (κ2) is 5.45. The number of carbonyl (C=O) groups excluding carboxylic acids is 1. The van der Waals surface area contributed by atoms with Crippen molar-refractivity contribution in [1.82, 2.24) is 15.5 Å². The molecule has 17 heavy (non-hydrogen) atoms. The van der Waals surface area contributed by atoms with E-state index in [0.717, 1.165) is 10.9 Å². The molecule has 1 heterocycles. The average molecular weight is 233 g/mol. The first kappa shape index (κ1) is 11.6. The van der Waals surface area contributed by atoms with Gasteiger partial charge in [-0.25, -0.2) is 0 Å². The summed E-state index contributed by atoms with van der Waals surface area (Å²) in [5, 5.41) is 10.4. The molecule has 2 aromatic rings. The van der Waals surface area contributed by atoms with Gasteiger partial charge in [-0.15, -0.1) is 0 Å². The van der Waals surface area contributed by atoms with Crippen LogP contribution in [0.2, 0.25) is 0 Å². The van der Waals surface area contributed by atoms with E-state index in [1.165, 1.54) is 0 Å². The Hall–Kier alpha value is -1.88. The molecule has 2 N–H and O–H groups in total. The predicted octanol–water partition coefficient (Wildman–Crippen LogP) is 1.33. The molecule has 1 amide bonds. The second-order valence-corrected chi connectivity index (χ2v) is 3.57. The highest BCUT2D eigenvalue weighted by Gasteiger charge is 2.12. The maximum Gasteiger partial charge on any atom is 0.272 e. The number of rotatable bonds is 5. The van der Waals surface area contributed by atoms with Crippen molar-refractivity contribution >= 4 is 16.8 Å². The van der Waals surface area contributed by atoms with E-state index in [2.05, 4.69) is 15.5 Å². The van der Waals surface area contributed by atoms with Crippen LogP contribution in [0.5, 0.6) is 0 Å². The van der Waals surface area contributed by atoms with E-state index in [-0.39, 0.29) is 5.91 Å². The van der Waals surface area contributed by atoms with Gasteiger partial charge in [-0.2, -0.15) is 5.10 Å². The molecule has 1 aromatic heterocycles. The van der Waals surface area contributed by atoms with Crippen LogP contribution in [0.3, 0.4) is 0 Å². The third kappa shape index (κ3) is 2.62. The number of ether oxygens (including phenoxy) is 1. The lowest BCUT2D eigenvalue weighted by atomic mass is 10.2. The Labute approximate surface area is 99.2 Å². The molecule has 0 aliphatic carbocycles. The number of fused-ring (bicyclic) bond motifs is 1.